The summed E-state index contributed by atoms with van der Waals surface area (Å²) in [5, 5.41) is 3.20. The molecule has 166 valence electrons. The topological polar surface area (TPSA) is 112 Å². The van der Waals surface area contributed by atoms with Crippen molar-refractivity contribution in [3.63, 3.8) is 0 Å². The molecule has 0 aliphatic rings. The van der Waals surface area contributed by atoms with E-state index < -0.39 is 17.6 Å². The van der Waals surface area contributed by atoms with E-state index in [0.29, 0.717) is 10.9 Å². The Labute approximate surface area is 184 Å². The molecule has 8 heteroatoms. The monoisotopic (exact) mass is 437 g/mol. The number of amides is 1. The Morgan fingerprint density at radius 3 is 2.31 bits per heavy atom. The second kappa shape index (κ2) is 9.47. The van der Waals surface area contributed by atoms with Crippen LogP contribution in [0.1, 0.15) is 43.5 Å². The summed E-state index contributed by atoms with van der Waals surface area (Å²) in [6, 6.07) is 11.9. The molecule has 0 saturated carbocycles. The maximum atomic E-state index is 12.7. The second-order valence-electron chi connectivity index (χ2n) is 7.35. The zero-order chi connectivity index (χ0) is 23.4. The Hall–Kier alpha value is -3.94. The summed E-state index contributed by atoms with van der Waals surface area (Å²) in [6.07, 6.45) is -0.216. The average molecular weight is 437 g/mol. The molecule has 1 N–H and O–H groups in total. The van der Waals surface area contributed by atoms with Crippen molar-refractivity contribution < 1.29 is 28.3 Å². The predicted molar refractivity (Wildman–Crippen MR) is 117 cm³/mol. The standard InChI is InChI=1S/C24H23NO7/c1-13-19(12-22(28)25-14(2)17-8-6-5-7-9-17)24(29)32-21-11-18(30-15(3)26)10-20(23(13)21)31-16(4)27/h5-11,14H,12H2,1-4H3,(H,25,28)/t14-/m1/s1. The van der Waals surface area contributed by atoms with Gasteiger partial charge in [-0.15, -0.1) is 0 Å². The van der Waals surface area contributed by atoms with Gasteiger partial charge in [0.1, 0.15) is 17.1 Å². The van der Waals surface area contributed by atoms with Crippen LogP contribution in [0.4, 0.5) is 0 Å². The molecule has 3 aromatic rings. The Morgan fingerprint density at radius 2 is 1.69 bits per heavy atom. The smallest absolute Gasteiger partial charge is 0.340 e. The van der Waals surface area contributed by atoms with E-state index in [9.17, 15) is 19.2 Å². The van der Waals surface area contributed by atoms with Gasteiger partial charge in [-0.3, -0.25) is 14.4 Å². The largest absolute Gasteiger partial charge is 0.426 e. The van der Waals surface area contributed by atoms with Crippen LogP contribution in [0.25, 0.3) is 11.0 Å². The van der Waals surface area contributed by atoms with E-state index in [0.717, 1.165) is 5.56 Å². The first-order valence-electron chi connectivity index (χ1n) is 9.97. The van der Waals surface area contributed by atoms with Crippen LogP contribution in [0.5, 0.6) is 11.5 Å². The van der Waals surface area contributed by atoms with Crippen LogP contribution in [0.2, 0.25) is 0 Å². The minimum absolute atomic E-state index is 0.0611. The second-order valence-corrected chi connectivity index (χ2v) is 7.35. The van der Waals surface area contributed by atoms with E-state index >= 15 is 0 Å². The van der Waals surface area contributed by atoms with Crippen LogP contribution in [0.3, 0.4) is 0 Å². The minimum Gasteiger partial charge on any atom is -0.426 e. The highest BCUT2D eigenvalue weighted by Crippen LogP contribution is 2.34. The van der Waals surface area contributed by atoms with Crippen molar-refractivity contribution in [3.05, 3.63) is 69.6 Å². The zero-order valence-corrected chi connectivity index (χ0v) is 18.2. The summed E-state index contributed by atoms with van der Waals surface area (Å²) >= 11 is 0. The summed E-state index contributed by atoms with van der Waals surface area (Å²) in [7, 11) is 0. The minimum atomic E-state index is -0.703. The van der Waals surface area contributed by atoms with E-state index in [1.165, 1.54) is 26.0 Å². The number of hydrogen-bond acceptors (Lipinski definition) is 7. The van der Waals surface area contributed by atoms with Crippen LogP contribution in [0, 0.1) is 6.92 Å². The molecular formula is C24H23NO7. The molecule has 0 fully saturated rings. The van der Waals surface area contributed by atoms with E-state index in [2.05, 4.69) is 5.32 Å². The summed E-state index contributed by atoms with van der Waals surface area (Å²) in [5.41, 5.74) is 0.877. The predicted octanol–water partition coefficient (Wildman–Crippen LogP) is 3.37. The molecule has 1 amide bonds. The average Bonchev–Trinajstić information content (AvgIpc) is 2.70. The van der Waals surface area contributed by atoms with Crippen molar-refractivity contribution in [2.45, 2.75) is 40.2 Å². The first kappa shape index (κ1) is 22.7. The molecule has 8 nitrogen and oxygen atoms in total. The van der Waals surface area contributed by atoms with Crippen LogP contribution < -0.4 is 20.4 Å². The Bertz CT molecular complexity index is 1240. The molecule has 0 aliphatic carbocycles. The number of rotatable bonds is 6. The molecule has 1 atom stereocenters. The fourth-order valence-corrected chi connectivity index (χ4v) is 3.42. The third kappa shape index (κ3) is 5.21. The fraction of sp³-hybridized carbons (Fsp3) is 0.250. The van der Waals surface area contributed by atoms with Crippen molar-refractivity contribution in [1.29, 1.82) is 0 Å². The number of aryl methyl sites for hydroxylation is 1. The number of ether oxygens (including phenoxy) is 2. The fourth-order valence-electron chi connectivity index (χ4n) is 3.42. The molecule has 1 heterocycles. The number of carbonyl (C=O) groups excluding carboxylic acids is 3. The number of fused-ring (bicyclic) bond motifs is 1. The molecule has 0 bridgehead atoms. The van der Waals surface area contributed by atoms with Gasteiger partial charge in [0.05, 0.1) is 23.4 Å². The summed E-state index contributed by atoms with van der Waals surface area (Å²) in [5.74, 6) is -1.43. The molecule has 0 radical (unpaired) electrons. The molecule has 0 spiro atoms. The highest BCUT2D eigenvalue weighted by atomic mass is 16.5. The van der Waals surface area contributed by atoms with Gasteiger partial charge in [-0.1, -0.05) is 30.3 Å². The van der Waals surface area contributed by atoms with Gasteiger partial charge in [0.15, 0.2) is 0 Å². The number of carbonyl (C=O) groups is 3. The number of benzene rings is 2. The van der Waals surface area contributed by atoms with Crippen molar-refractivity contribution in [3.8, 4) is 11.5 Å². The van der Waals surface area contributed by atoms with Gasteiger partial charge >= 0.3 is 17.6 Å². The molecule has 1 aromatic heterocycles. The van der Waals surface area contributed by atoms with Crippen molar-refractivity contribution in [1.82, 2.24) is 5.32 Å². The molecule has 32 heavy (non-hydrogen) atoms. The lowest BCUT2D eigenvalue weighted by molar-refractivity contribution is -0.132. The van der Waals surface area contributed by atoms with Crippen molar-refractivity contribution in [2.24, 2.45) is 0 Å². The number of hydrogen-bond donors (Lipinski definition) is 1. The quantitative estimate of drug-likeness (QED) is 0.357. The SMILES string of the molecule is CC(=O)Oc1cc(OC(C)=O)c2c(C)c(CC(=O)N[C@H](C)c3ccccc3)c(=O)oc2c1. The van der Waals surface area contributed by atoms with Gasteiger partial charge in [-0.05, 0) is 25.0 Å². The van der Waals surface area contributed by atoms with Crippen LogP contribution in [0.15, 0.2) is 51.7 Å². The Kier molecular flexibility index (Phi) is 6.73. The van der Waals surface area contributed by atoms with Gasteiger partial charge in [0, 0.05) is 26.0 Å². The number of nitrogens with one attached hydrogen (secondary N) is 1. The Morgan fingerprint density at radius 1 is 1.03 bits per heavy atom. The van der Waals surface area contributed by atoms with Gasteiger partial charge in [0.25, 0.3) is 0 Å². The Balaban J connectivity index is 1.98. The normalized spacial score (nSPS) is 11.6. The third-order valence-corrected chi connectivity index (χ3v) is 4.85. The zero-order valence-electron chi connectivity index (χ0n) is 18.2. The van der Waals surface area contributed by atoms with Crippen LogP contribution in [-0.4, -0.2) is 17.8 Å². The van der Waals surface area contributed by atoms with E-state index in [-0.39, 0.29) is 41.0 Å². The maximum Gasteiger partial charge on any atom is 0.340 e. The van der Waals surface area contributed by atoms with Gasteiger partial charge in [-0.2, -0.15) is 0 Å². The van der Waals surface area contributed by atoms with Crippen molar-refractivity contribution in [2.75, 3.05) is 0 Å². The van der Waals surface area contributed by atoms with Crippen molar-refractivity contribution >= 4 is 28.8 Å². The third-order valence-electron chi connectivity index (χ3n) is 4.85. The summed E-state index contributed by atoms with van der Waals surface area (Å²) in [4.78, 5) is 48.2. The highest BCUT2D eigenvalue weighted by molar-refractivity contribution is 5.92. The maximum absolute atomic E-state index is 12.7. The molecular weight excluding hydrogens is 414 g/mol. The number of esters is 2. The van der Waals surface area contributed by atoms with Gasteiger partial charge < -0.3 is 19.2 Å². The lowest BCUT2D eigenvalue weighted by Gasteiger charge is -2.16. The van der Waals surface area contributed by atoms with Gasteiger partial charge in [0.2, 0.25) is 5.91 Å². The van der Waals surface area contributed by atoms with E-state index in [1.807, 2.05) is 37.3 Å². The van der Waals surface area contributed by atoms with E-state index in [1.54, 1.807) is 6.92 Å². The molecule has 2 aromatic carbocycles. The van der Waals surface area contributed by atoms with Crippen LogP contribution >= 0.6 is 0 Å². The first-order chi connectivity index (χ1) is 15.2. The molecule has 3 rings (SSSR count). The summed E-state index contributed by atoms with van der Waals surface area (Å²) in [6.45, 7) is 5.92. The highest BCUT2D eigenvalue weighted by Gasteiger charge is 2.21. The molecule has 0 saturated heterocycles. The molecule has 0 unspecified atom stereocenters. The lowest BCUT2D eigenvalue weighted by atomic mass is 10.0. The molecule has 0 aliphatic heterocycles. The summed E-state index contributed by atoms with van der Waals surface area (Å²) < 4.78 is 15.7. The first-order valence-corrected chi connectivity index (χ1v) is 9.97. The van der Waals surface area contributed by atoms with Crippen LogP contribution in [-0.2, 0) is 20.8 Å². The van der Waals surface area contributed by atoms with E-state index in [4.69, 9.17) is 13.9 Å². The lowest BCUT2D eigenvalue weighted by Crippen LogP contribution is -2.30. The van der Waals surface area contributed by atoms with Gasteiger partial charge in [-0.25, -0.2) is 4.79 Å².